The zero-order valence-corrected chi connectivity index (χ0v) is 10.5. The van der Waals surface area contributed by atoms with Crippen molar-refractivity contribution in [3.05, 3.63) is 35.9 Å². The van der Waals surface area contributed by atoms with Crippen molar-refractivity contribution in [3.63, 3.8) is 0 Å². The van der Waals surface area contributed by atoms with Gasteiger partial charge in [-0.2, -0.15) is 0 Å². The van der Waals surface area contributed by atoms with E-state index in [1.807, 2.05) is 42.3 Å². The summed E-state index contributed by atoms with van der Waals surface area (Å²) in [5.74, 6) is 0. The third-order valence-electron chi connectivity index (χ3n) is 2.63. The summed E-state index contributed by atoms with van der Waals surface area (Å²) in [6.07, 6.45) is -0.632. The molecule has 1 aromatic rings. The molecule has 1 rings (SSSR count). The maximum absolute atomic E-state index is 10.6. The van der Waals surface area contributed by atoms with E-state index in [1.54, 1.807) is 0 Å². The fourth-order valence-electron chi connectivity index (χ4n) is 1.88. The van der Waals surface area contributed by atoms with Gasteiger partial charge in [0.05, 0.1) is 0 Å². The summed E-state index contributed by atoms with van der Waals surface area (Å²) in [6, 6.07) is 9.73. The molecule has 0 bridgehead atoms. The van der Waals surface area contributed by atoms with Crippen LogP contribution in [-0.4, -0.2) is 47.4 Å². The molecule has 5 heteroatoms. The van der Waals surface area contributed by atoms with Crippen molar-refractivity contribution in [2.75, 3.05) is 20.2 Å². The van der Waals surface area contributed by atoms with E-state index in [2.05, 4.69) is 5.32 Å². The zero-order chi connectivity index (χ0) is 13.4. The lowest BCUT2D eigenvalue weighted by Crippen LogP contribution is -2.42. The van der Waals surface area contributed by atoms with Gasteiger partial charge in [0.25, 0.3) is 0 Å². The summed E-state index contributed by atoms with van der Waals surface area (Å²) < 4.78 is 0. The molecular formula is C13H20N2O3. The fraction of sp³-hybridized carbons (Fsp3) is 0.462. The number of aliphatic hydroxyl groups excluding tert-OH is 1. The number of likely N-dealkylation sites (N-methyl/N-ethyl adjacent to an activating group) is 1. The van der Waals surface area contributed by atoms with E-state index in [1.165, 1.54) is 5.56 Å². The minimum Gasteiger partial charge on any atom is -0.465 e. The fourth-order valence-corrected chi connectivity index (χ4v) is 1.88. The SMILES string of the molecule is CN(Cc1ccccc1)CC(CCO)NC(=O)O. The normalized spacial score (nSPS) is 12.4. The Kier molecular flexibility index (Phi) is 6.18. The summed E-state index contributed by atoms with van der Waals surface area (Å²) >= 11 is 0. The highest BCUT2D eigenvalue weighted by molar-refractivity contribution is 5.64. The van der Waals surface area contributed by atoms with E-state index in [9.17, 15) is 4.79 Å². The second-order valence-electron chi connectivity index (χ2n) is 4.34. The molecule has 0 saturated carbocycles. The highest BCUT2D eigenvalue weighted by Gasteiger charge is 2.13. The summed E-state index contributed by atoms with van der Waals surface area (Å²) in [7, 11) is 1.93. The average molecular weight is 252 g/mol. The van der Waals surface area contributed by atoms with E-state index >= 15 is 0 Å². The predicted molar refractivity (Wildman–Crippen MR) is 69.4 cm³/mol. The lowest BCUT2D eigenvalue weighted by Gasteiger charge is -2.23. The molecular weight excluding hydrogens is 232 g/mol. The molecule has 5 nitrogen and oxygen atoms in total. The van der Waals surface area contributed by atoms with Crippen LogP contribution in [0.5, 0.6) is 0 Å². The Morgan fingerprint density at radius 3 is 2.61 bits per heavy atom. The van der Waals surface area contributed by atoms with Crippen molar-refractivity contribution in [1.29, 1.82) is 0 Å². The third kappa shape index (κ3) is 5.65. The van der Waals surface area contributed by atoms with Crippen molar-refractivity contribution in [2.45, 2.75) is 19.0 Å². The van der Waals surface area contributed by atoms with E-state index in [0.717, 1.165) is 6.54 Å². The number of nitrogens with one attached hydrogen (secondary N) is 1. The first kappa shape index (κ1) is 14.5. The molecule has 0 aliphatic carbocycles. The molecule has 0 aliphatic heterocycles. The van der Waals surface area contributed by atoms with Gasteiger partial charge in [-0.1, -0.05) is 30.3 Å². The van der Waals surface area contributed by atoms with Gasteiger partial charge in [0.2, 0.25) is 0 Å². The van der Waals surface area contributed by atoms with Gasteiger partial charge in [-0.05, 0) is 19.0 Å². The van der Waals surface area contributed by atoms with Crippen LogP contribution >= 0.6 is 0 Å². The van der Waals surface area contributed by atoms with Crippen LogP contribution in [0.3, 0.4) is 0 Å². The van der Waals surface area contributed by atoms with Gasteiger partial charge in [0, 0.05) is 25.7 Å². The van der Waals surface area contributed by atoms with Gasteiger partial charge in [0.15, 0.2) is 0 Å². The molecule has 0 fully saturated rings. The Labute approximate surface area is 107 Å². The molecule has 0 radical (unpaired) electrons. The van der Waals surface area contributed by atoms with Crippen LogP contribution in [0.1, 0.15) is 12.0 Å². The van der Waals surface area contributed by atoms with E-state index in [0.29, 0.717) is 13.0 Å². The molecule has 0 aromatic heterocycles. The monoisotopic (exact) mass is 252 g/mol. The van der Waals surface area contributed by atoms with Crippen LogP contribution in [-0.2, 0) is 6.54 Å². The third-order valence-corrected chi connectivity index (χ3v) is 2.63. The largest absolute Gasteiger partial charge is 0.465 e. The van der Waals surface area contributed by atoms with Gasteiger partial charge in [-0.3, -0.25) is 0 Å². The number of rotatable bonds is 7. The van der Waals surface area contributed by atoms with Crippen LogP contribution in [0.4, 0.5) is 4.79 Å². The second kappa shape index (κ2) is 7.68. The maximum atomic E-state index is 10.6. The van der Waals surface area contributed by atoms with Crippen LogP contribution in [0, 0.1) is 0 Å². The van der Waals surface area contributed by atoms with Gasteiger partial charge in [-0.25, -0.2) is 4.79 Å². The first-order chi connectivity index (χ1) is 8.61. The molecule has 0 aliphatic rings. The quantitative estimate of drug-likeness (QED) is 0.680. The van der Waals surface area contributed by atoms with Gasteiger partial charge in [-0.15, -0.1) is 0 Å². The first-order valence-corrected chi connectivity index (χ1v) is 5.94. The lowest BCUT2D eigenvalue weighted by atomic mass is 10.1. The molecule has 100 valence electrons. The molecule has 3 N–H and O–H groups in total. The number of aliphatic hydroxyl groups is 1. The number of carboxylic acid groups (broad SMARTS) is 1. The number of hydrogen-bond acceptors (Lipinski definition) is 3. The Morgan fingerprint density at radius 1 is 1.39 bits per heavy atom. The highest BCUT2D eigenvalue weighted by atomic mass is 16.4. The Balaban J connectivity index is 2.45. The molecule has 18 heavy (non-hydrogen) atoms. The minimum atomic E-state index is -1.05. The molecule has 1 amide bonds. The van der Waals surface area contributed by atoms with E-state index in [4.69, 9.17) is 10.2 Å². The average Bonchev–Trinajstić information content (AvgIpc) is 2.29. The van der Waals surface area contributed by atoms with Crippen LogP contribution in [0.15, 0.2) is 30.3 Å². The number of nitrogens with zero attached hydrogens (tertiary/aromatic N) is 1. The topological polar surface area (TPSA) is 72.8 Å². The molecule has 0 spiro atoms. The van der Waals surface area contributed by atoms with Crippen LogP contribution in [0.2, 0.25) is 0 Å². The molecule has 1 aromatic carbocycles. The maximum Gasteiger partial charge on any atom is 0.404 e. The molecule has 0 heterocycles. The van der Waals surface area contributed by atoms with E-state index in [-0.39, 0.29) is 12.6 Å². The Bertz CT molecular complexity index is 357. The van der Waals surface area contributed by atoms with Crippen molar-refractivity contribution in [1.82, 2.24) is 10.2 Å². The predicted octanol–water partition coefficient (Wildman–Crippen LogP) is 1.14. The highest BCUT2D eigenvalue weighted by Crippen LogP contribution is 2.04. The van der Waals surface area contributed by atoms with Crippen molar-refractivity contribution in [3.8, 4) is 0 Å². The van der Waals surface area contributed by atoms with E-state index < -0.39 is 6.09 Å². The Hall–Kier alpha value is -1.59. The number of amides is 1. The zero-order valence-electron chi connectivity index (χ0n) is 10.5. The van der Waals surface area contributed by atoms with Gasteiger partial charge >= 0.3 is 6.09 Å². The van der Waals surface area contributed by atoms with Crippen LogP contribution < -0.4 is 5.32 Å². The molecule has 1 unspecified atom stereocenters. The van der Waals surface area contributed by atoms with Crippen molar-refractivity contribution in [2.24, 2.45) is 0 Å². The first-order valence-electron chi connectivity index (χ1n) is 5.94. The molecule has 0 saturated heterocycles. The van der Waals surface area contributed by atoms with Gasteiger partial charge in [0.1, 0.15) is 0 Å². The number of carbonyl (C=O) groups is 1. The summed E-state index contributed by atoms with van der Waals surface area (Å²) in [5.41, 5.74) is 1.18. The van der Waals surface area contributed by atoms with Crippen LogP contribution in [0.25, 0.3) is 0 Å². The summed E-state index contributed by atoms with van der Waals surface area (Å²) in [6.45, 7) is 1.30. The van der Waals surface area contributed by atoms with Gasteiger partial charge < -0.3 is 20.4 Å². The minimum absolute atomic E-state index is 0.0237. The number of hydrogen-bond donors (Lipinski definition) is 3. The Morgan fingerprint density at radius 2 is 2.06 bits per heavy atom. The summed E-state index contributed by atoms with van der Waals surface area (Å²) in [4.78, 5) is 12.6. The summed E-state index contributed by atoms with van der Waals surface area (Å²) in [5, 5.41) is 20.0. The smallest absolute Gasteiger partial charge is 0.404 e. The lowest BCUT2D eigenvalue weighted by molar-refractivity contribution is 0.176. The van der Waals surface area contributed by atoms with Crippen molar-refractivity contribution < 1.29 is 15.0 Å². The standard InChI is InChI=1S/C13H20N2O3/c1-15(9-11-5-3-2-4-6-11)10-12(7-8-16)14-13(17)18/h2-6,12,14,16H,7-10H2,1H3,(H,17,18). The number of benzene rings is 1. The second-order valence-corrected chi connectivity index (χ2v) is 4.34. The van der Waals surface area contributed by atoms with Crippen molar-refractivity contribution >= 4 is 6.09 Å². The molecule has 1 atom stereocenters.